The van der Waals surface area contributed by atoms with Crippen molar-refractivity contribution in [2.24, 2.45) is 0 Å². The van der Waals surface area contributed by atoms with Crippen molar-refractivity contribution in [2.75, 3.05) is 26.4 Å². The molecule has 0 spiro atoms. The van der Waals surface area contributed by atoms with Gasteiger partial charge in [0.25, 0.3) is 0 Å². The number of hydrogen-bond acceptors (Lipinski definition) is 5. The van der Waals surface area contributed by atoms with Crippen molar-refractivity contribution in [2.45, 2.75) is 0 Å². The molecule has 9 aromatic carbocycles. The molecule has 4 N–H and O–H groups in total. The van der Waals surface area contributed by atoms with Crippen LogP contribution in [0.4, 0.5) is 51.2 Å². The normalized spacial score (nSPS) is 10.7. The molecule has 0 bridgehead atoms. The van der Waals surface area contributed by atoms with Crippen LogP contribution < -0.4 is 26.4 Å². The molecular weight excluding hydrogens is 719 g/mol. The average molecular weight is 762 g/mol. The van der Waals surface area contributed by atoms with E-state index in [1.807, 2.05) is 48.5 Å². The van der Waals surface area contributed by atoms with Gasteiger partial charge in [0.1, 0.15) is 0 Å². The van der Waals surface area contributed by atoms with Gasteiger partial charge in [-0.3, -0.25) is 10.4 Å². The van der Waals surface area contributed by atoms with Gasteiger partial charge in [0.2, 0.25) is 0 Å². The number of anilines is 9. The molecule has 59 heavy (non-hydrogen) atoms. The highest BCUT2D eigenvalue weighted by Crippen LogP contribution is 2.47. The molecule has 0 heterocycles. The molecular formula is C54H43N5. The number of rotatable bonds is 13. The highest BCUT2D eigenvalue weighted by molar-refractivity contribution is 6.01. The Labute approximate surface area is 346 Å². The van der Waals surface area contributed by atoms with Gasteiger partial charge in [0, 0.05) is 39.6 Å². The molecule has 9 aromatic rings. The van der Waals surface area contributed by atoms with E-state index in [2.05, 4.69) is 214 Å². The van der Waals surface area contributed by atoms with Crippen molar-refractivity contribution < 1.29 is 0 Å². The molecule has 0 aromatic heterocycles. The van der Waals surface area contributed by atoms with Gasteiger partial charge in [-0.25, -0.2) is 0 Å². The lowest BCUT2D eigenvalue weighted by atomic mass is 9.92. The van der Waals surface area contributed by atoms with Crippen molar-refractivity contribution in [3.8, 4) is 33.4 Å². The predicted octanol–water partition coefficient (Wildman–Crippen LogP) is 15.1. The Balaban J connectivity index is 1.22. The number of nitrogens with zero attached hydrogens (tertiary/aromatic N) is 1. The average Bonchev–Trinajstić information content (AvgIpc) is 3.30. The Morgan fingerprint density at radius 2 is 0.661 bits per heavy atom. The summed E-state index contributed by atoms with van der Waals surface area (Å²) < 4.78 is 0. The van der Waals surface area contributed by atoms with E-state index in [1.54, 1.807) is 0 Å². The topological polar surface area (TPSA) is 51.4 Å². The van der Waals surface area contributed by atoms with Crippen molar-refractivity contribution in [1.82, 2.24) is 0 Å². The highest BCUT2D eigenvalue weighted by Gasteiger charge is 2.23. The molecule has 0 atom stereocenters. The molecule has 0 radical (unpaired) electrons. The Kier molecular flexibility index (Phi) is 10.8. The highest BCUT2D eigenvalue weighted by atomic mass is 15.5. The zero-order chi connectivity index (χ0) is 39.6. The van der Waals surface area contributed by atoms with E-state index in [0.717, 1.165) is 73.4 Å². The minimum atomic E-state index is 0.963. The molecule has 0 saturated carbocycles. The Hall–Kier alpha value is -8.02. The van der Waals surface area contributed by atoms with Crippen molar-refractivity contribution in [1.29, 1.82) is 0 Å². The maximum absolute atomic E-state index is 3.91. The third kappa shape index (κ3) is 8.70. The smallest absolute Gasteiger partial charge is 0.0730 e. The minimum Gasteiger partial charge on any atom is -0.356 e. The van der Waals surface area contributed by atoms with Gasteiger partial charge in [0.05, 0.1) is 22.7 Å². The molecule has 0 aliphatic heterocycles. The first-order valence-electron chi connectivity index (χ1n) is 19.8. The number of benzene rings is 9. The van der Waals surface area contributed by atoms with Gasteiger partial charge in [-0.15, -0.1) is 0 Å². The second kappa shape index (κ2) is 17.4. The Morgan fingerprint density at radius 3 is 1.19 bits per heavy atom. The molecule has 9 rings (SSSR count). The summed E-state index contributed by atoms with van der Waals surface area (Å²) in [5.74, 6) is 0. The van der Waals surface area contributed by atoms with Crippen LogP contribution in [0.25, 0.3) is 33.4 Å². The monoisotopic (exact) mass is 761 g/mol. The fourth-order valence-electron chi connectivity index (χ4n) is 7.28. The maximum atomic E-state index is 3.91. The largest absolute Gasteiger partial charge is 0.356 e. The zero-order valence-corrected chi connectivity index (χ0v) is 32.5. The van der Waals surface area contributed by atoms with E-state index in [1.165, 1.54) is 11.1 Å². The van der Waals surface area contributed by atoms with E-state index in [4.69, 9.17) is 0 Å². The quantitative estimate of drug-likeness (QED) is 0.0882. The van der Waals surface area contributed by atoms with Crippen LogP contribution in [0.2, 0.25) is 0 Å². The first-order valence-corrected chi connectivity index (χ1v) is 19.8. The van der Waals surface area contributed by atoms with Crippen LogP contribution in [-0.4, -0.2) is 0 Å². The van der Waals surface area contributed by atoms with Gasteiger partial charge in [-0.05, 0) is 113 Å². The second-order valence-corrected chi connectivity index (χ2v) is 14.2. The van der Waals surface area contributed by atoms with Gasteiger partial charge in [0.15, 0.2) is 0 Å². The number of para-hydroxylation sites is 4. The lowest BCUT2D eigenvalue weighted by Crippen LogP contribution is -2.25. The van der Waals surface area contributed by atoms with Crippen LogP contribution in [-0.2, 0) is 0 Å². The van der Waals surface area contributed by atoms with E-state index >= 15 is 0 Å². The molecule has 0 amide bonds. The molecule has 0 saturated heterocycles. The maximum Gasteiger partial charge on any atom is 0.0730 e. The summed E-state index contributed by atoms with van der Waals surface area (Å²) in [5.41, 5.74) is 19.4. The van der Waals surface area contributed by atoms with Gasteiger partial charge >= 0.3 is 0 Å². The lowest BCUT2D eigenvalue weighted by Gasteiger charge is -2.31. The summed E-state index contributed by atoms with van der Waals surface area (Å²) in [5, 5.41) is 13.2. The summed E-state index contributed by atoms with van der Waals surface area (Å²) in [7, 11) is 0. The summed E-state index contributed by atoms with van der Waals surface area (Å²) in [6, 6.07) is 82.4. The fraction of sp³-hybridized carbons (Fsp3) is 0. The van der Waals surface area contributed by atoms with Gasteiger partial charge in [-0.1, -0.05) is 146 Å². The molecule has 5 heteroatoms. The third-order valence-electron chi connectivity index (χ3n) is 10.2. The fourth-order valence-corrected chi connectivity index (χ4v) is 7.28. The molecule has 5 nitrogen and oxygen atoms in total. The SMILES string of the molecule is c1ccc(Nc2ccc(-c3c(N(Nc4ccccc4)c4ccc(Nc5ccccc5)cc4)ccc(-c4ccc(-c5ccccc5)cc4)c3Nc3ccccc3)cc2)cc1. The first-order chi connectivity index (χ1) is 29.2. The van der Waals surface area contributed by atoms with Crippen LogP contribution in [0.5, 0.6) is 0 Å². The van der Waals surface area contributed by atoms with Crippen LogP contribution in [0.1, 0.15) is 0 Å². The van der Waals surface area contributed by atoms with Crippen molar-refractivity contribution in [3.05, 3.63) is 237 Å². The van der Waals surface area contributed by atoms with Crippen molar-refractivity contribution in [3.63, 3.8) is 0 Å². The first kappa shape index (κ1) is 36.6. The number of nitrogens with one attached hydrogen (secondary N) is 4. The third-order valence-corrected chi connectivity index (χ3v) is 10.2. The lowest BCUT2D eigenvalue weighted by molar-refractivity contribution is 1.16. The van der Waals surface area contributed by atoms with Crippen molar-refractivity contribution >= 4 is 51.2 Å². The number of hydrazine groups is 1. The molecule has 0 unspecified atom stereocenters. The van der Waals surface area contributed by atoms with E-state index < -0.39 is 0 Å². The van der Waals surface area contributed by atoms with E-state index in [9.17, 15) is 0 Å². The summed E-state index contributed by atoms with van der Waals surface area (Å²) in [6.07, 6.45) is 0. The number of hydrogen-bond donors (Lipinski definition) is 4. The van der Waals surface area contributed by atoms with Gasteiger partial charge in [-0.2, -0.15) is 0 Å². The minimum absolute atomic E-state index is 0.963. The molecule has 0 aliphatic carbocycles. The van der Waals surface area contributed by atoms with Crippen LogP contribution in [0, 0.1) is 0 Å². The Bertz CT molecular complexity index is 2710. The zero-order valence-electron chi connectivity index (χ0n) is 32.5. The second-order valence-electron chi connectivity index (χ2n) is 14.2. The van der Waals surface area contributed by atoms with Crippen LogP contribution >= 0.6 is 0 Å². The molecule has 284 valence electrons. The summed E-state index contributed by atoms with van der Waals surface area (Å²) in [6.45, 7) is 0. The predicted molar refractivity (Wildman–Crippen MR) is 251 cm³/mol. The standard InChI is InChI=1S/C54H43N5/c1-6-16-40(17-7-1)41-26-28-42(29-27-41)51-38-39-52(59(58-49-24-14-5-15-25-49)50-36-34-48(35-37-50)56-45-20-10-3-11-21-45)53(54(51)57-46-22-12-4-13-23-46)43-30-32-47(33-31-43)55-44-18-8-2-9-19-44/h1-39,55-58H. The summed E-state index contributed by atoms with van der Waals surface area (Å²) in [4.78, 5) is 0. The van der Waals surface area contributed by atoms with E-state index in [-0.39, 0.29) is 0 Å². The van der Waals surface area contributed by atoms with Crippen LogP contribution in [0.3, 0.4) is 0 Å². The molecule has 0 fully saturated rings. The van der Waals surface area contributed by atoms with Gasteiger partial charge < -0.3 is 16.0 Å². The van der Waals surface area contributed by atoms with E-state index in [0.29, 0.717) is 0 Å². The molecule has 0 aliphatic rings. The Morgan fingerprint density at radius 1 is 0.271 bits per heavy atom. The summed E-state index contributed by atoms with van der Waals surface area (Å²) >= 11 is 0. The van der Waals surface area contributed by atoms with Crippen LogP contribution in [0.15, 0.2) is 237 Å².